The third-order valence-electron chi connectivity index (χ3n) is 3.98. The lowest BCUT2D eigenvalue weighted by Gasteiger charge is -2.05. The van der Waals surface area contributed by atoms with Gasteiger partial charge < -0.3 is 5.73 Å². The lowest BCUT2D eigenvalue weighted by atomic mass is 10.1. The second kappa shape index (κ2) is 5.54. The molecule has 4 aromatic rings. The number of nitrogens with two attached hydrogens (primary N) is 1. The van der Waals surface area contributed by atoms with E-state index in [1.807, 2.05) is 66.7 Å². The lowest BCUT2D eigenvalue weighted by molar-refractivity contribution is 1.25. The minimum atomic E-state index is 0.659. The molecule has 0 aliphatic carbocycles. The van der Waals surface area contributed by atoms with Crippen LogP contribution in [0.1, 0.15) is 0 Å². The average molecular weight is 297 g/mol. The van der Waals surface area contributed by atoms with E-state index in [1.54, 1.807) is 0 Å². The van der Waals surface area contributed by atoms with Gasteiger partial charge in [0.25, 0.3) is 0 Å². The van der Waals surface area contributed by atoms with Gasteiger partial charge >= 0.3 is 0 Å². The van der Waals surface area contributed by atoms with E-state index < -0.39 is 0 Å². The van der Waals surface area contributed by atoms with Crippen LogP contribution < -0.4 is 5.73 Å². The van der Waals surface area contributed by atoms with E-state index in [-0.39, 0.29) is 0 Å². The van der Waals surface area contributed by atoms with Crippen molar-refractivity contribution in [1.82, 2.24) is 0 Å². The van der Waals surface area contributed by atoms with Crippen molar-refractivity contribution in [3.63, 3.8) is 0 Å². The Morgan fingerprint density at radius 3 is 1.96 bits per heavy atom. The average Bonchev–Trinajstić information content (AvgIpc) is 2.61. The number of nitrogens with zero attached hydrogens (tertiary/aromatic N) is 2. The molecule has 0 atom stereocenters. The van der Waals surface area contributed by atoms with Gasteiger partial charge in [0, 0.05) is 10.8 Å². The molecule has 23 heavy (non-hydrogen) atoms. The highest BCUT2D eigenvalue weighted by Gasteiger charge is 2.04. The van der Waals surface area contributed by atoms with E-state index in [9.17, 15) is 0 Å². The molecule has 2 N–H and O–H groups in total. The molecule has 0 heterocycles. The Balaban J connectivity index is 1.80. The van der Waals surface area contributed by atoms with Gasteiger partial charge in [-0.25, -0.2) is 0 Å². The topological polar surface area (TPSA) is 50.7 Å². The molecule has 4 rings (SSSR count). The molecule has 0 spiro atoms. The monoisotopic (exact) mass is 297 g/mol. The van der Waals surface area contributed by atoms with Crippen LogP contribution in [-0.2, 0) is 0 Å². The molecule has 0 aliphatic heterocycles. The number of anilines is 1. The molecule has 110 valence electrons. The van der Waals surface area contributed by atoms with E-state index in [4.69, 9.17) is 5.73 Å². The van der Waals surface area contributed by atoms with Gasteiger partial charge in [0.15, 0.2) is 0 Å². The molecule has 0 aliphatic rings. The van der Waals surface area contributed by atoms with Crippen LogP contribution in [0.5, 0.6) is 0 Å². The highest BCUT2D eigenvalue weighted by molar-refractivity contribution is 5.98. The molecule has 3 nitrogen and oxygen atoms in total. The summed E-state index contributed by atoms with van der Waals surface area (Å²) in [5, 5.41) is 13.1. The molecule has 0 aromatic heterocycles. The number of rotatable bonds is 2. The second-order valence-electron chi connectivity index (χ2n) is 5.42. The Bertz CT molecular complexity index is 1030. The maximum absolute atomic E-state index is 6.24. The number of nitrogen functional groups attached to an aromatic ring is 1. The second-order valence-corrected chi connectivity index (χ2v) is 5.42. The Morgan fingerprint density at radius 1 is 0.522 bits per heavy atom. The number of fused-ring (bicyclic) bond motifs is 2. The first-order chi connectivity index (χ1) is 11.3. The number of azo groups is 1. The van der Waals surface area contributed by atoms with Crippen LogP contribution in [0.15, 0.2) is 89.1 Å². The van der Waals surface area contributed by atoms with Gasteiger partial charge in [-0.05, 0) is 22.9 Å². The molecule has 0 unspecified atom stereocenters. The van der Waals surface area contributed by atoms with Gasteiger partial charge in [0.05, 0.1) is 11.4 Å². The normalized spacial score (nSPS) is 11.5. The molecular weight excluding hydrogens is 282 g/mol. The van der Waals surface area contributed by atoms with Crippen molar-refractivity contribution >= 4 is 38.6 Å². The fraction of sp³-hybridized carbons (Fsp3) is 0. The molecule has 4 aromatic carbocycles. The maximum atomic E-state index is 6.24. The summed E-state index contributed by atoms with van der Waals surface area (Å²) in [5.74, 6) is 0. The van der Waals surface area contributed by atoms with Gasteiger partial charge in [-0.3, -0.25) is 0 Å². The summed E-state index contributed by atoms with van der Waals surface area (Å²) in [7, 11) is 0. The Kier molecular flexibility index (Phi) is 3.24. The van der Waals surface area contributed by atoms with Crippen molar-refractivity contribution in [2.24, 2.45) is 10.2 Å². The molecule has 0 saturated heterocycles. The quantitative estimate of drug-likeness (QED) is 0.358. The summed E-state index contributed by atoms with van der Waals surface area (Å²) < 4.78 is 0. The molecule has 0 fully saturated rings. The summed E-state index contributed by atoms with van der Waals surface area (Å²) in [4.78, 5) is 0. The van der Waals surface area contributed by atoms with E-state index >= 15 is 0 Å². The Hall–Kier alpha value is -3.20. The summed E-state index contributed by atoms with van der Waals surface area (Å²) in [6, 6.07) is 26.1. The first-order valence-corrected chi connectivity index (χ1v) is 7.50. The largest absolute Gasteiger partial charge is 0.396 e. The molecule has 0 radical (unpaired) electrons. The van der Waals surface area contributed by atoms with Crippen LogP contribution in [0, 0.1) is 0 Å². The van der Waals surface area contributed by atoms with E-state index in [0.717, 1.165) is 27.2 Å². The van der Waals surface area contributed by atoms with Crippen LogP contribution >= 0.6 is 0 Å². The fourth-order valence-corrected chi connectivity index (χ4v) is 2.77. The predicted molar refractivity (Wildman–Crippen MR) is 96.5 cm³/mol. The third-order valence-corrected chi connectivity index (χ3v) is 3.98. The van der Waals surface area contributed by atoms with Crippen molar-refractivity contribution in [2.45, 2.75) is 0 Å². The Morgan fingerprint density at radius 2 is 1.13 bits per heavy atom. The van der Waals surface area contributed by atoms with Gasteiger partial charge in [0.1, 0.15) is 5.69 Å². The molecule has 0 saturated carbocycles. The van der Waals surface area contributed by atoms with Crippen LogP contribution in [-0.4, -0.2) is 0 Å². The summed E-state index contributed by atoms with van der Waals surface area (Å²) in [6.07, 6.45) is 0. The van der Waals surface area contributed by atoms with Crippen LogP contribution in [0.4, 0.5) is 17.1 Å². The van der Waals surface area contributed by atoms with Gasteiger partial charge in [-0.1, -0.05) is 66.7 Å². The Labute approximate surface area is 134 Å². The van der Waals surface area contributed by atoms with Crippen LogP contribution in [0.25, 0.3) is 21.5 Å². The van der Waals surface area contributed by atoms with Crippen molar-refractivity contribution in [3.05, 3.63) is 78.9 Å². The molecule has 0 bridgehead atoms. The molecule has 0 amide bonds. The standard InChI is InChI=1S/C20H15N3/c21-20-17-10-4-2-7-15(17)12-13-19(20)23-22-18-11-5-8-14-6-1-3-9-16(14)18/h1-13H,21H2. The minimum Gasteiger partial charge on any atom is -0.396 e. The SMILES string of the molecule is Nc1c(N=Nc2cccc3ccccc23)ccc2ccccc12. The maximum Gasteiger partial charge on any atom is 0.109 e. The number of hydrogen-bond acceptors (Lipinski definition) is 3. The van der Waals surface area contributed by atoms with Crippen LogP contribution in [0.3, 0.4) is 0 Å². The predicted octanol–water partition coefficient (Wildman–Crippen LogP) is 5.99. The number of benzene rings is 4. The summed E-state index contributed by atoms with van der Waals surface area (Å²) in [5.41, 5.74) is 8.44. The van der Waals surface area contributed by atoms with Gasteiger partial charge in [-0.15, -0.1) is 10.2 Å². The smallest absolute Gasteiger partial charge is 0.109 e. The van der Waals surface area contributed by atoms with E-state index in [2.05, 4.69) is 22.4 Å². The van der Waals surface area contributed by atoms with Crippen LogP contribution in [0.2, 0.25) is 0 Å². The van der Waals surface area contributed by atoms with Crippen molar-refractivity contribution in [2.75, 3.05) is 5.73 Å². The highest BCUT2D eigenvalue weighted by Crippen LogP contribution is 2.33. The zero-order valence-corrected chi connectivity index (χ0v) is 12.5. The summed E-state index contributed by atoms with van der Waals surface area (Å²) in [6.45, 7) is 0. The molecular formula is C20H15N3. The highest BCUT2D eigenvalue weighted by atomic mass is 15.1. The van der Waals surface area contributed by atoms with E-state index in [1.165, 1.54) is 0 Å². The minimum absolute atomic E-state index is 0.659. The van der Waals surface area contributed by atoms with Gasteiger partial charge in [0.2, 0.25) is 0 Å². The first-order valence-electron chi connectivity index (χ1n) is 7.50. The van der Waals surface area contributed by atoms with E-state index in [0.29, 0.717) is 11.4 Å². The number of hydrogen-bond donors (Lipinski definition) is 1. The molecule has 3 heteroatoms. The van der Waals surface area contributed by atoms with Crippen molar-refractivity contribution < 1.29 is 0 Å². The summed E-state index contributed by atoms with van der Waals surface area (Å²) >= 11 is 0. The van der Waals surface area contributed by atoms with Gasteiger partial charge in [-0.2, -0.15) is 0 Å². The first kappa shape index (κ1) is 13.5. The van der Waals surface area contributed by atoms with Crippen molar-refractivity contribution in [1.29, 1.82) is 0 Å². The zero-order chi connectivity index (χ0) is 15.6. The zero-order valence-electron chi connectivity index (χ0n) is 12.5. The lowest BCUT2D eigenvalue weighted by Crippen LogP contribution is -1.87. The van der Waals surface area contributed by atoms with Crippen molar-refractivity contribution in [3.8, 4) is 0 Å². The third kappa shape index (κ3) is 2.42. The fourth-order valence-electron chi connectivity index (χ4n) is 2.77.